The predicted octanol–water partition coefficient (Wildman–Crippen LogP) is 3.26. The number of guanidine groups is 1. The Hall–Kier alpha value is -1.69. The number of ether oxygens (including phenoxy) is 1. The molecular formula is C18H25F2N3O. The van der Waals surface area contributed by atoms with Crippen molar-refractivity contribution in [1.29, 1.82) is 0 Å². The quantitative estimate of drug-likeness (QED) is 0.680. The minimum absolute atomic E-state index is 0.0135. The van der Waals surface area contributed by atoms with Crippen molar-refractivity contribution in [3.8, 4) is 0 Å². The number of nitrogens with zero attached hydrogens (tertiary/aromatic N) is 2. The van der Waals surface area contributed by atoms with Gasteiger partial charge in [-0.1, -0.05) is 37.1 Å². The minimum atomic E-state index is -2.82. The highest BCUT2D eigenvalue weighted by Gasteiger charge is 2.39. The van der Waals surface area contributed by atoms with E-state index in [2.05, 4.69) is 9.89 Å². The molecule has 0 amide bonds. The molecule has 1 aromatic carbocycles. The van der Waals surface area contributed by atoms with E-state index in [1.54, 1.807) is 12.1 Å². The van der Waals surface area contributed by atoms with Crippen LogP contribution in [0.25, 0.3) is 0 Å². The van der Waals surface area contributed by atoms with E-state index in [0.717, 1.165) is 38.4 Å². The van der Waals surface area contributed by atoms with Crippen molar-refractivity contribution in [2.24, 2.45) is 10.7 Å². The molecule has 0 radical (unpaired) electrons. The third-order valence-electron chi connectivity index (χ3n) is 4.97. The number of alkyl halides is 2. The van der Waals surface area contributed by atoms with Crippen molar-refractivity contribution in [3.05, 3.63) is 35.4 Å². The molecule has 1 heterocycles. The molecule has 1 aliphatic carbocycles. The number of hydrogen-bond donors (Lipinski definition) is 1. The number of halogens is 2. The van der Waals surface area contributed by atoms with Gasteiger partial charge in [0, 0.05) is 25.6 Å². The van der Waals surface area contributed by atoms with Crippen molar-refractivity contribution < 1.29 is 13.5 Å². The van der Waals surface area contributed by atoms with Gasteiger partial charge in [-0.05, 0) is 18.4 Å². The van der Waals surface area contributed by atoms with Crippen molar-refractivity contribution >= 4 is 5.96 Å². The van der Waals surface area contributed by atoms with Crippen molar-refractivity contribution in [2.45, 2.75) is 50.7 Å². The van der Waals surface area contributed by atoms with Crippen LogP contribution in [0.4, 0.5) is 8.78 Å². The topological polar surface area (TPSA) is 50.8 Å². The average molecular weight is 337 g/mol. The van der Waals surface area contributed by atoms with E-state index in [0.29, 0.717) is 19.1 Å². The Labute approximate surface area is 141 Å². The second-order valence-electron chi connectivity index (χ2n) is 6.92. The molecule has 0 atom stereocenters. The van der Waals surface area contributed by atoms with Crippen LogP contribution < -0.4 is 5.73 Å². The molecule has 1 saturated heterocycles. The van der Waals surface area contributed by atoms with Gasteiger partial charge >= 0.3 is 0 Å². The molecule has 4 nitrogen and oxygen atoms in total. The second kappa shape index (κ2) is 6.67. The molecule has 1 aromatic rings. The molecule has 0 bridgehead atoms. The number of morpholine rings is 1. The summed E-state index contributed by atoms with van der Waals surface area (Å²) < 4.78 is 32.4. The summed E-state index contributed by atoms with van der Waals surface area (Å²) in [4.78, 5) is 6.53. The monoisotopic (exact) mass is 337 g/mol. The average Bonchev–Trinajstić information content (AvgIpc) is 3.00. The Kier molecular flexibility index (Phi) is 4.76. The molecule has 6 heteroatoms. The van der Waals surface area contributed by atoms with Gasteiger partial charge < -0.3 is 15.4 Å². The Morgan fingerprint density at radius 2 is 1.96 bits per heavy atom. The van der Waals surface area contributed by atoms with E-state index in [1.165, 1.54) is 25.0 Å². The minimum Gasteiger partial charge on any atom is -0.371 e. The first-order valence-corrected chi connectivity index (χ1v) is 8.54. The van der Waals surface area contributed by atoms with E-state index in [-0.39, 0.29) is 11.2 Å². The third-order valence-corrected chi connectivity index (χ3v) is 4.97. The predicted molar refractivity (Wildman–Crippen MR) is 90.1 cm³/mol. The van der Waals surface area contributed by atoms with Crippen molar-refractivity contribution in [2.75, 3.05) is 19.7 Å². The van der Waals surface area contributed by atoms with Gasteiger partial charge in [-0.25, -0.2) is 13.8 Å². The van der Waals surface area contributed by atoms with E-state index >= 15 is 0 Å². The molecule has 1 saturated carbocycles. The summed E-state index contributed by atoms with van der Waals surface area (Å²) in [5, 5.41) is 0. The normalized spacial score (nSPS) is 21.5. The van der Waals surface area contributed by atoms with Crippen LogP contribution in [0.2, 0.25) is 0 Å². The van der Waals surface area contributed by atoms with Gasteiger partial charge in [0.2, 0.25) is 0 Å². The molecule has 0 aromatic heterocycles. The fourth-order valence-corrected chi connectivity index (χ4v) is 3.54. The number of aliphatic imine (C=N–C) groups is 1. The first-order chi connectivity index (χ1) is 11.4. The molecule has 1 spiro atoms. The Bertz CT molecular complexity index is 589. The SMILES string of the molecule is CC(F)(F)c1ccc(CN=C(N)N2CCOC3(CCCC3)C2)cc1. The molecule has 24 heavy (non-hydrogen) atoms. The van der Waals surface area contributed by atoms with Gasteiger partial charge in [0.05, 0.1) is 18.8 Å². The zero-order valence-electron chi connectivity index (χ0n) is 14.1. The lowest BCUT2D eigenvalue weighted by atomic mass is 10.00. The third kappa shape index (κ3) is 3.86. The van der Waals surface area contributed by atoms with E-state index < -0.39 is 5.92 Å². The summed E-state index contributed by atoms with van der Waals surface area (Å²) in [6, 6.07) is 6.26. The molecule has 3 rings (SSSR count). The van der Waals surface area contributed by atoms with Crippen LogP contribution >= 0.6 is 0 Å². The standard InChI is InChI=1S/C18H25F2N3O/c1-17(19,20)15-6-4-14(5-7-15)12-22-16(21)23-10-11-24-18(13-23)8-2-3-9-18/h4-7H,2-3,8-13H2,1H3,(H2,21,22). The van der Waals surface area contributed by atoms with Crippen LogP contribution in [0.1, 0.15) is 43.7 Å². The number of benzene rings is 1. The maximum atomic E-state index is 13.2. The summed E-state index contributed by atoms with van der Waals surface area (Å²) >= 11 is 0. The fourth-order valence-electron chi connectivity index (χ4n) is 3.54. The van der Waals surface area contributed by atoms with Crippen molar-refractivity contribution in [1.82, 2.24) is 4.90 Å². The van der Waals surface area contributed by atoms with Crippen molar-refractivity contribution in [3.63, 3.8) is 0 Å². The maximum Gasteiger partial charge on any atom is 0.270 e. The van der Waals surface area contributed by atoms with E-state index in [9.17, 15) is 8.78 Å². The van der Waals surface area contributed by atoms with Gasteiger partial charge in [0.15, 0.2) is 5.96 Å². The first-order valence-electron chi connectivity index (χ1n) is 8.54. The zero-order chi connectivity index (χ0) is 17.2. The molecule has 2 fully saturated rings. The Morgan fingerprint density at radius 1 is 1.29 bits per heavy atom. The smallest absolute Gasteiger partial charge is 0.270 e. The summed E-state index contributed by atoms with van der Waals surface area (Å²) in [7, 11) is 0. The van der Waals surface area contributed by atoms with Gasteiger partial charge in [0.1, 0.15) is 0 Å². The Balaban J connectivity index is 1.61. The second-order valence-corrected chi connectivity index (χ2v) is 6.92. The molecule has 2 N–H and O–H groups in total. The summed E-state index contributed by atoms with van der Waals surface area (Å²) in [6.07, 6.45) is 4.59. The highest BCUT2D eigenvalue weighted by Crippen LogP contribution is 2.35. The van der Waals surface area contributed by atoms with E-state index in [4.69, 9.17) is 10.5 Å². The van der Waals surface area contributed by atoms with Crippen LogP contribution in [0.5, 0.6) is 0 Å². The lowest BCUT2D eigenvalue weighted by Gasteiger charge is -2.41. The van der Waals surface area contributed by atoms with Gasteiger partial charge in [-0.2, -0.15) is 0 Å². The highest BCUT2D eigenvalue weighted by atomic mass is 19.3. The van der Waals surface area contributed by atoms with Crippen LogP contribution in [0, 0.1) is 0 Å². The first kappa shape index (κ1) is 17.1. The number of nitrogens with two attached hydrogens (primary N) is 1. The number of hydrogen-bond acceptors (Lipinski definition) is 2. The molecule has 1 aliphatic heterocycles. The summed E-state index contributed by atoms with van der Waals surface area (Å²) in [6.45, 7) is 3.51. The van der Waals surface area contributed by atoms with Gasteiger partial charge in [-0.15, -0.1) is 0 Å². The molecule has 2 aliphatic rings. The highest BCUT2D eigenvalue weighted by molar-refractivity contribution is 5.78. The number of rotatable bonds is 3. The van der Waals surface area contributed by atoms with Crippen LogP contribution in [-0.4, -0.2) is 36.2 Å². The summed E-state index contributed by atoms with van der Waals surface area (Å²) in [5.74, 6) is -2.31. The van der Waals surface area contributed by atoms with Crippen LogP contribution in [0.3, 0.4) is 0 Å². The molecule has 132 valence electrons. The van der Waals surface area contributed by atoms with Crippen LogP contribution in [0.15, 0.2) is 29.3 Å². The van der Waals surface area contributed by atoms with Gasteiger partial charge in [-0.3, -0.25) is 0 Å². The largest absolute Gasteiger partial charge is 0.371 e. The van der Waals surface area contributed by atoms with Crippen LogP contribution in [-0.2, 0) is 17.2 Å². The molecular weight excluding hydrogens is 312 g/mol. The fraction of sp³-hybridized carbons (Fsp3) is 0.611. The lowest BCUT2D eigenvalue weighted by molar-refractivity contribution is -0.0880. The zero-order valence-corrected chi connectivity index (χ0v) is 14.1. The maximum absolute atomic E-state index is 13.2. The van der Waals surface area contributed by atoms with Gasteiger partial charge in [0.25, 0.3) is 5.92 Å². The Morgan fingerprint density at radius 3 is 2.58 bits per heavy atom. The lowest BCUT2D eigenvalue weighted by Crippen LogP contribution is -2.54. The van der Waals surface area contributed by atoms with E-state index in [1.807, 2.05) is 0 Å². The summed E-state index contributed by atoms with van der Waals surface area (Å²) in [5.41, 5.74) is 6.98. The molecule has 0 unspecified atom stereocenters.